The van der Waals surface area contributed by atoms with E-state index >= 15 is 0 Å². The van der Waals surface area contributed by atoms with Crippen LogP contribution in [0.3, 0.4) is 0 Å². The molecule has 20 heavy (non-hydrogen) atoms. The third kappa shape index (κ3) is 2.78. The Kier molecular flexibility index (Phi) is 3.35. The second-order valence-corrected chi connectivity index (χ2v) is 5.67. The van der Waals surface area contributed by atoms with Gasteiger partial charge in [0.25, 0.3) is 0 Å². The molecule has 0 saturated carbocycles. The fourth-order valence-corrected chi connectivity index (χ4v) is 2.61. The molecule has 0 bridgehead atoms. The van der Waals surface area contributed by atoms with Crippen molar-refractivity contribution >= 4 is 28.1 Å². The van der Waals surface area contributed by atoms with Crippen molar-refractivity contribution in [2.24, 2.45) is 0 Å². The highest BCUT2D eigenvalue weighted by Gasteiger charge is 2.05. The third-order valence-electron chi connectivity index (χ3n) is 2.81. The van der Waals surface area contributed by atoms with Crippen molar-refractivity contribution in [1.29, 1.82) is 0 Å². The van der Waals surface area contributed by atoms with Gasteiger partial charge < -0.3 is 11.1 Å². The molecule has 0 fully saturated rings. The van der Waals surface area contributed by atoms with Gasteiger partial charge in [0.2, 0.25) is 0 Å². The van der Waals surface area contributed by atoms with Crippen molar-refractivity contribution in [3.05, 3.63) is 53.5 Å². The Bertz CT molecular complexity index is 722. The fraction of sp³-hybridized carbons (Fsp3) is 0.0667. The van der Waals surface area contributed by atoms with Crippen LogP contribution in [0, 0.1) is 6.92 Å². The summed E-state index contributed by atoms with van der Waals surface area (Å²) in [7, 11) is 0. The predicted octanol–water partition coefficient (Wildman–Crippen LogP) is 3.84. The van der Waals surface area contributed by atoms with Crippen LogP contribution in [-0.4, -0.2) is 9.97 Å². The quantitative estimate of drug-likeness (QED) is 0.766. The van der Waals surface area contributed by atoms with Crippen molar-refractivity contribution in [1.82, 2.24) is 9.97 Å². The van der Waals surface area contributed by atoms with Crippen molar-refractivity contribution in [3.63, 3.8) is 0 Å². The first-order chi connectivity index (χ1) is 9.70. The fourth-order valence-electron chi connectivity index (χ4n) is 1.94. The molecule has 0 radical (unpaired) electrons. The van der Waals surface area contributed by atoms with Crippen LogP contribution in [0.5, 0.6) is 0 Å². The molecule has 0 spiro atoms. The molecule has 0 aliphatic rings. The summed E-state index contributed by atoms with van der Waals surface area (Å²) in [5.41, 5.74) is 8.03. The van der Waals surface area contributed by atoms with E-state index in [-0.39, 0.29) is 0 Å². The lowest BCUT2D eigenvalue weighted by Crippen LogP contribution is -1.97. The van der Waals surface area contributed by atoms with Crippen LogP contribution >= 0.6 is 11.3 Å². The van der Waals surface area contributed by atoms with E-state index in [0.717, 1.165) is 21.1 Å². The summed E-state index contributed by atoms with van der Waals surface area (Å²) in [6, 6.07) is 13.9. The second kappa shape index (κ2) is 5.30. The summed E-state index contributed by atoms with van der Waals surface area (Å²) in [5, 5.41) is 4.01. The standard InChI is InChI=1S/C15H14N4S/c1-10-9-17-15(20-10)19-14-8-12(7-13(16)18-14)11-5-3-2-4-6-11/h2-9H,1H3,(H3,16,17,18,19). The zero-order valence-corrected chi connectivity index (χ0v) is 11.8. The highest BCUT2D eigenvalue weighted by atomic mass is 32.1. The van der Waals surface area contributed by atoms with Gasteiger partial charge in [0.15, 0.2) is 5.13 Å². The molecule has 0 unspecified atom stereocenters. The zero-order valence-electron chi connectivity index (χ0n) is 11.0. The van der Waals surface area contributed by atoms with Gasteiger partial charge in [-0.15, -0.1) is 11.3 Å². The van der Waals surface area contributed by atoms with Gasteiger partial charge in [0.05, 0.1) is 0 Å². The molecule has 2 aromatic heterocycles. The number of nitrogens with one attached hydrogen (secondary N) is 1. The van der Waals surface area contributed by atoms with Crippen LogP contribution in [-0.2, 0) is 0 Å². The van der Waals surface area contributed by atoms with Crippen LogP contribution < -0.4 is 11.1 Å². The number of nitrogens with two attached hydrogens (primary N) is 1. The van der Waals surface area contributed by atoms with E-state index in [4.69, 9.17) is 5.73 Å². The van der Waals surface area contributed by atoms with E-state index in [1.807, 2.05) is 55.6 Å². The van der Waals surface area contributed by atoms with Crippen LogP contribution in [0.2, 0.25) is 0 Å². The Labute approximate surface area is 121 Å². The molecule has 3 rings (SSSR count). The highest BCUT2D eigenvalue weighted by molar-refractivity contribution is 7.15. The molecular formula is C15H14N4S. The second-order valence-electron chi connectivity index (χ2n) is 4.43. The Morgan fingerprint density at radius 3 is 2.60 bits per heavy atom. The van der Waals surface area contributed by atoms with Gasteiger partial charge >= 0.3 is 0 Å². The molecule has 2 heterocycles. The van der Waals surface area contributed by atoms with E-state index in [0.29, 0.717) is 11.6 Å². The van der Waals surface area contributed by atoms with Gasteiger partial charge in [0, 0.05) is 11.1 Å². The average molecular weight is 282 g/mol. The van der Waals surface area contributed by atoms with Crippen LogP contribution in [0.25, 0.3) is 11.1 Å². The minimum absolute atomic E-state index is 0.488. The summed E-state index contributed by atoms with van der Waals surface area (Å²) in [6.07, 6.45) is 1.83. The largest absolute Gasteiger partial charge is 0.384 e. The summed E-state index contributed by atoms with van der Waals surface area (Å²) in [6.45, 7) is 2.02. The maximum atomic E-state index is 5.89. The van der Waals surface area contributed by atoms with E-state index < -0.39 is 0 Å². The summed E-state index contributed by atoms with van der Waals surface area (Å²) >= 11 is 1.59. The van der Waals surface area contributed by atoms with Crippen molar-refractivity contribution in [2.75, 3.05) is 11.1 Å². The minimum Gasteiger partial charge on any atom is -0.384 e. The molecule has 4 nitrogen and oxygen atoms in total. The Balaban J connectivity index is 1.94. The van der Waals surface area contributed by atoms with Crippen LogP contribution in [0.1, 0.15) is 4.88 Å². The number of hydrogen-bond donors (Lipinski definition) is 2. The third-order valence-corrected chi connectivity index (χ3v) is 3.64. The average Bonchev–Trinajstić information content (AvgIpc) is 2.84. The van der Waals surface area contributed by atoms with E-state index in [1.165, 1.54) is 0 Å². The SMILES string of the molecule is Cc1cnc(Nc2cc(-c3ccccc3)cc(N)n2)s1. The van der Waals surface area contributed by atoms with Crippen molar-refractivity contribution in [2.45, 2.75) is 6.92 Å². The summed E-state index contributed by atoms with van der Waals surface area (Å²) in [5.74, 6) is 1.19. The zero-order chi connectivity index (χ0) is 13.9. The molecule has 5 heteroatoms. The van der Waals surface area contributed by atoms with Crippen LogP contribution in [0.15, 0.2) is 48.7 Å². The van der Waals surface area contributed by atoms with Crippen LogP contribution in [0.4, 0.5) is 16.8 Å². The van der Waals surface area contributed by atoms with Crippen molar-refractivity contribution < 1.29 is 0 Å². The number of thiazole rings is 1. The van der Waals surface area contributed by atoms with Gasteiger partial charge in [-0.25, -0.2) is 9.97 Å². The number of rotatable bonds is 3. The number of benzene rings is 1. The molecule has 3 aromatic rings. The summed E-state index contributed by atoms with van der Waals surface area (Å²) < 4.78 is 0. The first-order valence-electron chi connectivity index (χ1n) is 6.23. The Morgan fingerprint density at radius 1 is 1.10 bits per heavy atom. The molecular weight excluding hydrogens is 268 g/mol. The normalized spacial score (nSPS) is 10.4. The van der Waals surface area contributed by atoms with Gasteiger partial charge in [-0.3, -0.25) is 0 Å². The summed E-state index contributed by atoms with van der Waals surface area (Å²) in [4.78, 5) is 9.72. The molecule has 0 saturated heterocycles. The Hall–Kier alpha value is -2.40. The number of anilines is 3. The number of aryl methyl sites for hydroxylation is 1. The highest BCUT2D eigenvalue weighted by Crippen LogP contribution is 2.26. The number of hydrogen-bond acceptors (Lipinski definition) is 5. The molecule has 0 atom stereocenters. The molecule has 100 valence electrons. The Morgan fingerprint density at radius 2 is 1.90 bits per heavy atom. The number of pyridine rings is 1. The topological polar surface area (TPSA) is 63.8 Å². The molecule has 3 N–H and O–H groups in total. The van der Waals surface area contributed by atoms with E-state index in [9.17, 15) is 0 Å². The first kappa shape index (κ1) is 12.6. The predicted molar refractivity (Wildman–Crippen MR) is 84.2 cm³/mol. The number of nitrogens with zero attached hydrogens (tertiary/aromatic N) is 2. The monoisotopic (exact) mass is 282 g/mol. The van der Waals surface area contributed by atoms with E-state index in [2.05, 4.69) is 15.3 Å². The lowest BCUT2D eigenvalue weighted by Gasteiger charge is -2.07. The maximum absolute atomic E-state index is 5.89. The smallest absolute Gasteiger partial charge is 0.188 e. The minimum atomic E-state index is 0.488. The number of aromatic nitrogens is 2. The molecule has 0 aliphatic heterocycles. The lowest BCUT2D eigenvalue weighted by molar-refractivity contribution is 1.29. The van der Waals surface area contributed by atoms with Gasteiger partial charge in [-0.1, -0.05) is 30.3 Å². The van der Waals surface area contributed by atoms with Gasteiger partial charge in [-0.2, -0.15) is 0 Å². The van der Waals surface area contributed by atoms with Crippen molar-refractivity contribution in [3.8, 4) is 11.1 Å². The maximum Gasteiger partial charge on any atom is 0.188 e. The molecule has 1 aromatic carbocycles. The lowest BCUT2D eigenvalue weighted by atomic mass is 10.1. The van der Waals surface area contributed by atoms with E-state index in [1.54, 1.807) is 11.3 Å². The molecule has 0 amide bonds. The first-order valence-corrected chi connectivity index (χ1v) is 7.05. The molecule has 0 aliphatic carbocycles. The number of nitrogen functional groups attached to an aromatic ring is 1. The van der Waals surface area contributed by atoms with Gasteiger partial charge in [-0.05, 0) is 30.2 Å². The van der Waals surface area contributed by atoms with Gasteiger partial charge in [0.1, 0.15) is 11.6 Å².